The lowest BCUT2D eigenvalue weighted by Crippen LogP contribution is -2.11. The lowest BCUT2D eigenvalue weighted by molar-refractivity contribution is 0.206. The largest absolute Gasteiger partial charge is 0.491 e. The molecule has 0 aliphatic carbocycles. The van der Waals surface area contributed by atoms with E-state index in [9.17, 15) is 0 Å². The number of ether oxygens (including phenoxy) is 2. The SMILES string of the molecule is CCCCCC[C@@H](C)Oc1ccc(OCc2ccccc2)cc1. The molecule has 2 rings (SSSR count). The summed E-state index contributed by atoms with van der Waals surface area (Å²) in [5, 5.41) is 0. The van der Waals surface area contributed by atoms with Crippen LogP contribution in [0.25, 0.3) is 0 Å². The summed E-state index contributed by atoms with van der Waals surface area (Å²) in [6.45, 7) is 4.97. The molecule has 2 heteroatoms. The maximum Gasteiger partial charge on any atom is 0.120 e. The first kappa shape index (κ1) is 17.4. The van der Waals surface area contributed by atoms with Crippen molar-refractivity contribution >= 4 is 0 Å². The van der Waals surface area contributed by atoms with Gasteiger partial charge in [-0.3, -0.25) is 0 Å². The maximum absolute atomic E-state index is 5.96. The van der Waals surface area contributed by atoms with Gasteiger partial charge in [0.15, 0.2) is 0 Å². The standard InChI is InChI=1S/C21H28O2/c1-3-4-5-7-10-18(2)23-21-15-13-20(14-16-21)22-17-19-11-8-6-9-12-19/h6,8-9,11-16,18H,3-5,7,10,17H2,1-2H3/t18-/m1/s1. The highest BCUT2D eigenvalue weighted by Crippen LogP contribution is 2.20. The fourth-order valence-corrected chi connectivity index (χ4v) is 2.51. The van der Waals surface area contributed by atoms with Crippen molar-refractivity contribution in [2.24, 2.45) is 0 Å². The fourth-order valence-electron chi connectivity index (χ4n) is 2.51. The molecule has 2 aromatic rings. The molecule has 0 N–H and O–H groups in total. The second-order valence-corrected chi connectivity index (χ2v) is 6.02. The molecule has 0 amide bonds. The van der Waals surface area contributed by atoms with Crippen LogP contribution in [0.15, 0.2) is 54.6 Å². The Morgan fingerprint density at radius 2 is 1.52 bits per heavy atom. The number of hydrogen-bond donors (Lipinski definition) is 0. The summed E-state index contributed by atoms with van der Waals surface area (Å²) >= 11 is 0. The average molecular weight is 312 g/mol. The first-order valence-electron chi connectivity index (χ1n) is 8.71. The molecule has 0 saturated heterocycles. The fraction of sp³-hybridized carbons (Fsp3) is 0.429. The van der Waals surface area contributed by atoms with E-state index < -0.39 is 0 Å². The second-order valence-electron chi connectivity index (χ2n) is 6.02. The van der Waals surface area contributed by atoms with Gasteiger partial charge in [0.1, 0.15) is 18.1 Å². The Morgan fingerprint density at radius 1 is 0.826 bits per heavy atom. The van der Waals surface area contributed by atoms with Crippen LogP contribution < -0.4 is 9.47 Å². The van der Waals surface area contributed by atoms with Crippen molar-refractivity contribution in [2.45, 2.75) is 58.7 Å². The van der Waals surface area contributed by atoms with Crippen LogP contribution in [-0.4, -0.2) is 6.10 Å². The molecule has 0 fully saturated rings. The Hall–Kier alpha value is -1.96. The lowest BCUT2D eigenvalue weighted by Gasteiger charge is -2.15. The van der Waals surface area contributed by atoms with Crippen molar-refractivity contribution in [2.75, 3.05) is 0 Å². The minimum Gasteiger partial charge on any atom is -0.491 e. The summed E-state index contributed by atoms with van der Waals surface area (Å²) in [6, 6.07) is 18.1. The van der Waals surface area contributed by atoms with E-state index in [0.717, 1.165) is 17.9 Å². The van der Waals surface area contributed by atoms with E-state index >= 15 is 0 Å². The Bertz CT molecular complexity index is 534. The monoisotopic (exact) mass is 312 g/mol. The molecule has 2 aromatic carbocycles. The molecule has 0 bridgehead atoms. The van der Waals surface area contributed by atoms with E-state index in [1.165, 1.54) is 31.2 Å². The van der Waals surface area contributed by atoms with E-state index in [-0.39, 0.29) is 6.10 Å². The molecular weight excluding hydrogens is 284 g/mol. The predicted molar refractivity (Wildman–Crippen MR) is 96.1 cm³/mol. The van der Waals surface area contributed by atoms with Crippen molar-refractivity contribution in [3.05, 3.63) is 60.2 Å². The first-order valence-corrected chi connectivity index (χ1v) is 8.71. The van der Waals surface area contributed by atoms with Crippen LogP contribution in [0.5, 0.6) is 11.5 Å². The van der Waals surface area contributed by atoms with E-state index in [4.69, 9.17) is 9.47 Å². The topological polar surface area (TPSA) is 18.5 Å². The molecule has 0 aromatic heterocycles. The summed E-state index contributed by atoms with van der Waals surface area (Å²) < 4.78 is 11.7. The first-order chi connectivity index (χ1) is 11.3. The van der Waals surface area contributed by atoms with Crippen LogP contribution in [-0.2, 0) is 6.61 Å². The van der Waals surface area contributed by atoms with Gasteiger partial charge in [-0.05, 0) is 49.6 Å². The lowest BCUT2D eigenvalue weighted by atomic mass is 10.1. The van der Waals surface area contributed by atoms with Crippen LogP contribution in [0.4, 0.5) is 0 Å². The molecule has 0 radical (unpaired) electrons. The Kier molecular flexibility index (Phi) is 7.51. The van der Waals surface area contributed by atoms with Crippen LogP contribution in [0.2, 0.25) is 0 Å². The van der Waals surface area contributed by atoms with Gasteiger partial charge in [0.05, 0.1) is 6.10 Å². The summed E-state index contributed by atoms with van der Waals surface area (Å²) in [6.07, 6.45) is 6.53. The summed E-state index contributed by atoms with van der Waals surface area (Å²) in [4.78, 5) is 0. The summed E-state index contributed by atoms with van der Waals surface area (Å²) in [7, 11) is 0. The van der Waals surface area contributed by atoms with Crippen LogP contribution in [0, 0.1) is 0 Å². The van der Waals surface area contributed by atoms with E-state index in [1.54, 1.807) is 0 Å². The third-order valence-electron chi connectivity index (χ3n) is 3.87. The number of benzene rings is 2. The molecule has 0 saturated carbocycles. The zero-order valence-electron chi connectivity index (χ0n) is 14.3. The van der Waals surface area contributed by atoms with Crippen LogP contribution >= 0.6 is 0 Å². The van der Waals surface area contributed by atoms with Crippen molar-refractivity contribution < 1.29 is 9.47 Å². The Labute approximate surface area is 140 Å². The molecule has 0 aliphatic heterocycles. The van der Waals surface area contributed by atoms with Gasteiger partial charge in [0, 0.05) is 0 Å². The van der Waals surface area contributed by atoms with Crippen molar-refractivity contribution in [1.29, 1.82) is 0 Å². The molecule has 2 nitrogen and oxygen atoms in total. The number of unbranched alkanes of at least 4 members (excludes halogenated alkanes) is 3. The number of hydrogen-bond acceptors (Lipinski definition) is 2. The highest BCUT2D eigenvalue weighted by molar-refractivity contribution is 5.31. The van der Waals surface area contributed by atoms with Crippen molar-refractivity contribution in [1.82, 2.24) is 0 Å². The van der Waals surface area contributed by atoms with Gasteiger partial charge < -0.3 is 9.47 Å². The van der Waals surface area contributed by atoms with Gasteiger partial charge >= 0.3 is 0 Å². The molecule has 0 heterocycles. The second kappa shape index (κ2) is 9.94. The predicted octanol–water partition coefficient (Wildman–Crippen LogP) is 6.00. The third-order valence-corrected chi connectivity index (χ3v) is 3.87. The normalized spacial score (nSPS) is 11.9. The maximum atomic E-state index is 5.96. The van der Waals surface area contributed by atoms with Gasteiger partial charge in [-0.25, -0.2) is 0 Å². The average Bonchev–Trinajstić information content (AvgIpc) is 2.59. The minimum atomic E-state index is 0.267. The van der Waals surface area contributed by atoms with E-state index in [0.29, 0.717) is 6.61 Å². The molecule has 0 spiro atoms. The van der Waals surface area contributed by atoms with E-state index in [1.807, 2.05) is 42.5 Å². The quantitative estimate of drug-likeness (QED) is 0.501. The van der Waals surface area contributed by atoms with Crippen LogP contribution in [0.3, 0.4) is 0 Å². The van der Waals surface area contributed by atoms with Gasteiger partial charge in [0.2, 0.25) is 0 Å². The molecule has 0 unspecified atom stereocenters. The van der Waals surface area contributed by atoms with Gasteiger partial charge in [-0.15, -0.1) is 0 Å². The minimum absolute atomic E-state index is 0.267. The molecule has 1 atom stereocenters. The van der Waals surface area contributed by atoms with Gasteiger partial charge in [-0.1, -0.05) is 56.5 Å². The highest BCUT2D eigenvalue weighted by atomic mass is 16.5. The molecule has 0 aliphatic rings. The third kappa shape index (κ3) is 6.77. The Balaban J connectivity index is 1.73. The number of rotatable bonds is 10. The zero-order valence-corrected chi connectivity index (χ0v) is 14.3. The zero-order chi connectivity index (χ0) is 16.3. The molecule has 23 heavy (non-hydrogen) atoms. The smallest absolute Gasteiger partial charge is 0.120 e. The molecular formula is C21H28O2. The van der Waals surface area contributed by atoms with Gasteiger partial charge in [-0.2, -0.15) is 0 Å². The summed E-state index contributed by atoms with van der Waals surface area (Å²) in [5.74, 6) is 1.79. The van der Waals surface area contributed by atoms with Crippen molar-refractivity contribution in [3.63, 3.8) is 0 Å². The van der Waals surface area contributed by atoms with Gasteiger partial charge in [0.25, 0.3) is 0 Å². The van der Waals surface area contributed by atoms with Crippen LogP contribution in [0.1, 0.15) is 51.5 Å². The van der Waals surface area contributed by atoms with E-state index in [2.05, 4.69) is 26.0 Å². The van der Waals surface area contributed by atoms with Crippen molar-refractivity contribution in [3.8, 4) is 11.5 Å². The highest BCUT2D eigenvalue weighted by Gasteiger charge is 2.04. The Morgan fingerprint density at radius 3 is 2.22 bits per heavy atom. The summed E-state index contributed by atoms with van der Waals surface area (Å²) in [5.41, 5.74) is 1.17. The molecule has 124 valence electrons.